The van der Waals surface area contributed by atoms with Gasteiger partial charge in [0, 0.05) is 13.1 Å². The summed E-state index contributed by atoms with van der Waals surface area (Å²) >= 11 is 0. The largest absolute Gasteiger partial charge is 0.497 e. The number of aryl methyl sites for hydroxylation is 2. The van der Waals surface area contributed by atoms with Gasteiger partial charge in [0.05, 0.1) is 17.7 Å². The molecule has 0 radical (unpaired) electrons. The van der Waals surface area contributed by atoms with Crippen LogP contribution in [0.25, 0.3) is 0 Å². The molecule has 8 nitrogen and oxygen atoms in total. The van der Waals surface area contributed by atoms with E-state index < -0.39 is 28.5 Å². The van der Waals surface area contributed by atoms with Crippen molar-refractivity contribution >= 4 is 27.5 Å². The van der Waals surface area contributed by atoms with Crippen LogP contribution in [0.1, 0.15) is 30.5 Å². The van der Waals surface area contributed by atoms with Gasteiger partial charge in [-0.3, -0.25) is 13.9 Å². The first-order valence-electron chi connectivity index (χ1n) is 12.4. The monoisotopic (exact) mass is 537 g/mol. The van der Waals surface area contributed by atoms with E-state index >= 15 is 0 Å². The molecule has 202 valence electrons. The summed E-state index contributed by atoms with van der Waals surface area (Å²) in [4.78, 5) is 28.0. The van der Waals surface area contributed by atoms with Crippen LogP contribution >= 0.6 is 0 Å². The van der Waals surface area contributed by atoms with Crippen LogP contribution < -0.4 is 14.4 Å². The summed E-state index contributed by atoms with van der Waals surface area (Å²) in [6.45, 7) is 7.40. The minimum absolute atomic E-state index is 0.0218. The molecule has 3 aromatic carbocycles. The van der Waals surface area contributed by atoms with Crippen molar-refractivity contribution in [3.63, 3.8) is 0 Å². The van der Waals surface area contributed by atoms with Crippen molar-refractivity contribution in [1.29, 1.82) is 0 Å². The van der Waals surface area contributed by atoms with E-state index in [2.05, 4.69) is 5.32 Å². The third-order valence-electron chi connectivity index (χ3n) is 6.24. The molecule has 38 heavy (non-hydrogen) atoms. The van der Waals surface area contributed by atoms with E-state index in [0.717, 1.165) is 21.0 Å². The number of rotatable bonds is 11. The molecule has 0 aliphatic heterocycles. The molecular weight excluding hydrogens is 502 g/mol. The molecule has 2 amide bonds. The standard InChI is InChI=1S/C29H35N3O5S/c1-6-30-29(34)23(4)31(19-24-11-7-21(2)8-12-24)28(33)20-32(25-13-9-22(3)10-14-25)38(35,36)27-17-15-26(37-5)16-18-27/h7-18,23H,6,19-20H2,1-5H3,(H,30,34)/t23-/m0/s1. The van der Waals surface area contributed by atoms with Crippen molar-refractivity contribution < 1.29 is 22.7 Å². The molecule has 0 unspecified atom stereocenters. The SMILES string of the molecule is CCNC(=O)[C@H](C)N(Cc1ccc(C)cc1)C(=O)CN(c1ccc(C)cc1)S(=O)(=O)c1ccc(OC)cc1. The van der Waals surface area contributed by atoms with Gasteiger partial charge in [0.2, 0.25) is 11.8 Å². The smallest absolute Gasteiger partial charge is 0.264 e. The Balaban J connectivity index is 2.01. The summed E-state index contributed by atoms with van der Waals surface area (Å²) in [5, 5.41) is 2.76. The number of carbonyl (C=O) groups is 2. The molecule has 0 aliphatic carbocycles. The molecule has 3 aromatic rings. The third-order valence-corrected chi connectivity index (χ3v) is 8.03. The van der Waals surface area contributed by atoms with E-state index in [1.165, 1.54) is 24.1 Å². The fourth-order valence-electron chi connectivity index (χ4n) is 3.91. The number of sulfonamides is 1. The molecule has 3 rings (SSSR count). The second-order valence-electron chi connectivity index (χ2n) is 9.10. The molecule has 0 bridgehead atoms. The van der Waals surface area contributed by atoms with Crippen LogP contribution in [0.4, 0.5) is 5.69 Å². The van der Waals surface area contributed by atoms with Crippen LogP contribution in [0.5, 0.6) is 5.75 Å². The van der Waals surface area contributed by atoms with E-state index in [-0.39, 0.29) is 17.3 Å². The maximum absolute atomic E-state index is 13.8. The Kier molecular flexibility index (Phi) is 9.52. The Bertz CT molecular complexity index is 1340. The van der Waals surface area contributed by atoms with Crippen LogP contribution in [0.3, 0.4) is 0 Å². The fourth-order valence-corrected chi connectivity index (χ4v) is 5.32. The molecule has 0 heterocycles. The predicted octanol–water partition coefficient (Wildman–Crippen LogP) is 4.06. The quantitative estimate of drug-likeness (QED) is 0.398. The lowest BCUT2D eigenvalue weighted by Crippen LogP contribution is -2.51. The number of carbonyl (C=O) groups excluding carboxylic acids is 2. The molecule has 0 spiro atoms. The predicted molar refractivity (Wildman–Crippen MR) is 149 cm³/mol. The number of ether oxygens (including phenoxy) is 1. The van der Waals surface area contributed by atoms with Gasteiger partial charge in [-0.2, -0.15) is 0 Å². The number of hydrogen-bond acceptors (Lipinski definition) is 5. The number of amides is 2. The first-order valence-corrected chi connectivity index (χ1v) is 13.9. The normalized spacial score (nSPS) is 11.9. The summed E-state index contributed by atoms with van der Waals surface area (Å²) in [6.07, 6.45) is 0. The molecule has 0 aromatic heterocycles. The van der Waals surface area contributed by atoms with Gasteiger partial charge in [0.1, 0.15) is 18.3 Å². The lowest BCUT2D eigenvalue weighted by molar-refractivity contribution is -0.139. The van der Waals surface area contributed by atoms with Gasteiger partial charge in [-0.15, -0.1) is 0 Å². The van der Waals surface area contributed by atoms with Gasteiger partial charge in [0.15, 0.2) is 0 Å². The summed E-state index contributed by atoms with van der Waals surface area (Å²) in [5.41, 5.74) is 3.20. The number of methoxy groups -OCH3 is 1. The topological polar surface area (TPSA) is 96.0 Å². The first-order chi connectivity index (χ1) is 18.1. The summed E-state index contributed by atoms with van der Waals surface area (Å²) < 4.78 is 33.9. The Morgan fingerprint density at radius 2 is 1.45 bits per heavy atom. The number of hydrogen-bond donors (Lipinski definition) is 1. The molecule has 1 atom stereocenters. The van der Waals surface area contributed by atoms with Crippen molar-refractivity contribution in [2.75, 3.05) is 24.5 Å². The molecule has 1 N–H and O–H groups in total. The van der Waals surface area contributed by atoms with Gasteiger partial charge in [-0.25, -0.2) is 8.42 Å². The minimum atomic E-state index is -4.13. The highest BCUT2D eigenvalue weighted by Crippen LogP contribution is 2.26. The zero-order valence-corrected chi connectivity index (χ0v) is 23.3. The zero-order chi connectivity index (χ0) is 27.9. The van der Waals surface area contributed by atoms with Crippen molar-refractivity contribution in [2.45, 2.75) is 45.2 Å². The lowest BCUT2D eigenvalue weighted by atomic mass is 10.1. The van der Waals surface area contributed by atoms with E-state index in [0.29, 0.717) is 18.0 Å². The third kappa shape index (κ3) is 6.92. The van der Waals surface area contributed by atoms with Crippen molar-refractivity contribution in [2.24, 2.45) is 0 Å². The van der Waals surface area contributed by atoms with Crippen LogP contribution in [0.15, 0.2) is 77.7 Å². The highest BCUT2D eigenvalue weighted by Gasteiger charge is 2.32. The Labute approximate surface area is 225 Å². The molecule has 9 heteroatoms. The van der Waals surface area contributed by atoms with E-state index in [4.69, 9.17) is 4.74 Å². The van der Waals surface area contributed by atoms with Crippen molar-refractivity contribution in [3.8, 4) is 5.75 Å². The summed E-state index contributed by atoms with van der Waals surface area (Å²) in [6, 6.07) is 19.8. The van der Waals surface area contributed by atoms with Crippen molar-refractivity contribution in [1.82, 2.24) is 10.2 Å². The lowest BCUT2D eigenvalue weighted by Gasteiger charge is -2.32. The zero-order valence-electron chi connectivity index (χ0n) is 22.5. The van der Waals surface area contributed by atoms with Crippen LogP contribution in [-0.2, 0) is 26.2 Å². The van der Waals surface area contributed by atoms with Gasteiger partial charge >= 0.3 is 0 Å². The second kappa shape index (κ2) is 12.6. The van der Waals surface area contributed by atoms with Crippen molar-refractivity contribution in [3.05, 3.63) is 89.5 Å². The minimum Gasteiger partial charge on any atom is -0.497 e. The van der Waals surface area contributed by atoms with Gasteiger partial charge in [-0.1, -0.05) is 47.5 Å². The number of anilines is 1. The highest BCUT2D eigenvalue weighted by atomic mass is 32.2. The molecule has 0 aliphatic rings. The van der Waals surface area contributed by atoms with E-state index in [1.807, 2.05) is 38.1 Å². The van der Waals surface area contributed by atoms with E-state index in [1.54, 1.807) is 50.2 Å². The summed E-state index contributed by atoms with van der Waals surface area (Å²) in [5.74, 6) is -0.295. The molecule has 0 saturated carbocycles. The first kappa shape index (κ1) is 28.7. The number of benzene rings is 3. The number of likely N-dealkylation sites (N-methyl/N-ethyl adjacent to an activating group) is 1. The van der Waals surface area contributed by atoms with Gasteiger partial charge in [0.25, 0.3) is 10.0 Å². The molecular formula is C29H35N3O5S. The Morgan fingerprint density at radius 1 is 0.895 bits per heavy atom. The second-order valence-corrected chi connectivity index (χ2v) is 11.0. The Hall–Kier alpha value is -3.85. The molecule has 0 saturated heterocycles. The summed E-state index contributed by atoms with van der Waals surface area (Å²) in [7, 11) is -2.63. The van der Waals surface area contributed by atoms with Crippen LogP contribution in [0.2, 0.25) is 0 Å². The van der Waals surface area contributed by atoms with Gasteiger partial charge < -0.3 is 15.0 Å². The Morgan fingerprint density at radius 3 is 1.97 bits per heavy atom. The maximum Gasteiger partial charge on any atom is 0.264 e. The fraction of sp³-hybridized carbons (Fsp3) is 0.310. The van der Waals surface area contributed by atoms with Crippen LogP contribution in [-0.4, -0.2) is 51.4 Å². The molecule has 0 fully saturated rings. The van der Waals surface area contributed by atoms with E-state index in [9.17, 15) is 18.0 Å². The average Bonchev–Trinajstić information content (AvgIpc) is 2.91. The van der Waals surface area contributed by atoms with Gasteiger partial charge in [-0.05, 0) is 69.7 Å². The number of nitrogens with zero attached hydrogens (tertiary/aromatic N) is 2. The maximum atomic E-state index is 13.8. The highest BCUT2D eigenvalue weighted by molar-refractivity contribution is 7.92. The average molecular weight is 538 g/mol. The van der Waals surface area contributed by atoms with Crippen LogP contribution in [0, 0.1) is 13.8 Å². The number of nitrogens with one attached hydrogen (secondary N) is 1.